The number of likely N-dealkylation sites (N-methyl/N-ethyl adjacent to an activating group) is 1. The van der Waals surface area contributed by atoms with Crippen LogP contribution in [0, 0.1) is 12.8 Å². The highest BCUT2D eigenvalue weighted by atomic mass is 32.2. The maximum absolute atomic E-state index is 13.2. The van der Waals surface area contributed by atoms with Crippen LogP contribution in [0.1, 0.15) is 24.0 Å². The van der Waals surface area contributed by atoms with Crippen molar-refractivity contribution in [3.63, 3.8) is 0 Å². The highest BCUT2D eigenvalue weighted by molar-refractivity contribution is 7.89. The van der Waals surface area contributed by atoms with Gasteiger partial charge in [-0.25, -0.2) is 8.42 Å². The summed E-state index contributed by atoms with van der Waals surface area (Å²) in [7, 11) is -2.50. The fraction of sp³-hybridized carbons (Fsp3) is 0.417. The van der Waals surface area contributed by atoms with E-state index in [1.54, 1.807) is 17.9 Å². The zero-order valence-corrected chi connectivity index (χ0v) is 19.7. The van der Waals surface area contributed by atoms with Crippen LogP contribution in [0.2, 0.25) is 0 Å². The number of amides is 2. The van der Waals surface area contributed by atoms with Crippen LogP contribution in [0.25, 0.3) is 0 Å². The Morgan fingerprint density at radius 3 is 2.58 bits per heavy atom. The quantitative estimate of drug-likeness (QED) is 0.698. The van der Waals surface area contributed by atoms with Gasteiger partial charge in [0, 0.05) is 26.2 Å². The number of hydrogen-bond acceptors (Lipinski definition) is 5. The van der Waals surface area contributed by atoms with Crippen molar-refractivity contribution in [3.05, 3.63) is 53.6 Å². The van der Waals surface area contributed by atoms with E-state index >= 15 is 0 Å². The number of hydrogen-bond donors (Lipinski definition) is 1. The van der Waals surface area contributed by atoms with Crippen molar-refractivity contribution in [1.29, 1.82) is 0 Å². The Balaban J connectivity index is 1.37. The molecule has 1 fully saturated rings. The lowest BCUT2D eigenvalue weighted by atomic mass is 9.90. The minimum atomic E-state index is -3.91. The first-order chi connectivity index (χ1) is 15.7. The predicted molar refractivity (Wildman–Crippen MR) is 125 cm³/mol. The number of rotatable bonds is 6. The summed E-state index contributed by atoms with van der Waals surface area (Å²) in [5, 5.41) is 2.67. The third-order valence-corrected chi connectivity index (χ3v) is 8.24. The molecule has 0 bridgehead atoms. The standard InChI is InChI=1S/C24H29N3O5S/c1-17-12-20-21(32-16-23(28)25-20)14-22(17)33(30,31)26(2)15-24(29)27-10-8-19(9-11-27)13-18-6-4-3-5-7-18/h3-7,12,14,19H,8-11,13,15-16H2,1-2H3,(H,25,28). The van der Waals surface area contributed by atoms with E-state index in [0.29, 0.717) is 36.0 Å². The zero-order valence-electron chi connectivity index (χ0n) is 18.9. The topological polar surface area (TPSA) is 96.0 Å². The summed E-state index contributed by atoms with van der Waals surface area (Å²) in [6, 6.07) is 13.3. The molecule has 2 amide bonds. The predicted octanol–water partition coefficient (Wildman–Crippen LogP) is 2.43. The second-order valence-corrected chi connectivity index (χ2v) is 10.7. The van der Waals surface area contributed by atoms with Gasteiger partial charge in [-0.3, -0.25) is 9.59 Å². The van der Waals surface area contributed by atoms with Crippen molar-refractivity contribution in [1.82, 2.24) is 9.21 Å². The maximum atomic E-state index is 13.2. The number of likely N-dealkylation sites (tertiary alicyclic amines) is 1. The lowest BCUT2D eigenvalue weighted by Gasteiger charge is -2.33. The molecule has 176 valence electrons. The molecule has 0 radical (unpaired) electrons. The van der Waals surface area contributed by atoms with E-state index in [9.17, 15) is 18.0 Å². The van der Waals surface area contributed by atoms with Gasteiger partial charge < -0.3 is 15.0 Å². The van der Waals surface area contributed by atoms with Crippen LogP contribution in [0.4, 0.5) is 5.69 Å². The monoisotopic (exact) mass is 471 g/mol. The van der Waals surface area contributed by atoms with Gasteiger partial charge in [0.05, 0.1) is 17.1 Å². The fourth-order valence-corrected chi connectivity index (χ4v) is 5.71. The first-order valence-electron chi connectivity index (χ1n) is 11.1. The number of carbonyl (C=O) groups excluding carboxylic acids is 2. The van der Waals surface area contributed by atoms with Crippen LogP contribution in [-0.2, 0) is 26.0 Å². The molecule has 0 unspecified atom stereocenters. The van der Waals surface area contributed by atoms with Crippen molar-refractivity contribution in [2.45, 2.75) is 31.1 Å². The second-order valence-electron chi connectivity index (χ2n) is 8.73. The molecule has 1 N–H and O–H groups in total. The third kappa shape index (κ3) is 5.20. The van der Waals surface area contributed by atoms with Crippen molar-refractivity contribution >= 4 is 27.5 Å². The van der Waals surface area contributed by atoms with Gasteiger partial charge in [-0.15, -0.1) is 0 Å². The number of aryl methyl sites for hydroxylation is 1. The Morgan fingerprint density at radius 2 is 1.88 bits per heavy atom. The first kappa shape index (κ1) is 23.3. The molecule has 0 saturated carbocycles. The molecule has 9 heteroatoms. The van der Waals surface area contributed by atoms with Crippen LogP contribution in [0.5, 0.6) is 5.75 Å². The van der Waals surface area contributed by atoms with Crippen LogP contribution < -0.4 is 10.1 Å². The van der Waals surface area contributed by atoms with Gasteiger partial charge in [-0.2, -0.15) is 4.31 Å². The summed E-state index contributed by atoms with van der Waals surface area (Å²) in [6.45, 7) is 2.54. The van der Waals surface area contributed by atoms with E-state index in [1.807, 2.05) is 18.2 Å². The van der Waals surface area contributed by atoms with Crippen molar-refractivity contribution in [3.8, 4) is 5.75 Å². The summed E-state index contributed by atoms with van der Waals surface area (Å²) in [6.07, 6.45) is 2.81. The minimum Gasteiger partial charge on any atom is -0.482 e. The van der Waals surface area contributed by atoms with E-state index in [-0.39, 0.29) is 29.9 Å². The van der Waals surface area contributed by atoms with E-state index in [4.69, 9.17) is 4.74 Å². The summed E-state index contributed by atoms with van der Waals surface area (Å²) in [4.78, 5) is 26.2. The number of nitrogens with one attached hydrogen (secondary N) is 1. The molecule has 33 heavy (non-hydrogen) atoms. The van der Waals surface area contributed by atoms with Crippen LogP contribution in [0.15, 0.2) is 47.4 Å². The number of nitrogens with zero attached hydrogens (tertiary/aromatic N) is 2. The normalized spacial score (nSPS) is 16.8. The number of fused-ring (bicyclic) bond motifs is 1. The van der Waals surface area contributed by atoms with Crippen LogP contribution >= 0.6 is 0 Å². The van der Waals surface area contributed by atoms with Gasteiger partial charge >= 0.3 is 0 Å². The average molecular weight is 472 g/mol. The molecule has 4 rings (SSSR count). The summed E-state index contributed by atoms with van der Waals surface area (Å²) >= 11 is 0. The minimum absolute atomic E-state index is 0.0641. The SMILES string of the molecule is Cc1cc2c(cc1S(=O)(=O)N(C)CC(=O)N1CCC(Cc3ccccc3)CC1)OCC(=O)N2. The summed E-state index contributed by atoms with van der Waals surface area (Å²) in [5.41, 5.74) is 2.22. The zero-order chi connectivity index (χ0) is 23.6. The van der Waals surface area contributed by atoms with Gasteiger partial charge in [0.1, 0.15) is 5.75 Å². The van der Waals surface area contributed by atoms with E-state index < -0.39 is 10.0 Å². The van der Waals surface area contributed by atoms with Crippen LogP contribution in [-0.4, -0.2) is 62.7 Å². The Bertz CT molecular complexity index is 1140. The largest absolute Gasteiger partial charge is 0.482 e. The number of ether oxygens (including phenoxy) is 1. The highest BCUT2D eigenvalue weighted by Crippen LogP contribution is 2.34. The molecule has 0 atom stereocenters. The lowest BCUT2D eigenvalue weighted by molar-refractivity contribution is -0.132. The number of piperidine rings is 1. The number of sulfonamides is 1. The number of anilines is 1. The Labute approximate surface area is 194 Å². The maximum Gasteiger partial charge on any atom is 0.262 e. The second kappa shape index (κ2) is 9.52. The molecular weight excluding hydrogens is 442 g/mol. The highest BCUT2D eigenvalue weighted by Gasteiger charge is 2.30. The van der Waals surface area contributed by atoms with E-state index in [2.05, 4.69) is 17.4 Å². The average Bonchev–Trinajstić information content (AvgIpc) is 2.79. The number of benzene rings is 2. The van der Waals surface area contributed by atoms with E-state index in [1.165, 1.54) is 18.7 Å². The van der Waals surface area contributed by atoms with E-state index in [0.717, 1.165) is 23.6 Å². The van der Waals surface area contributed by atoms with Crippen molar-refractivity contribution < 1.29 is 22.7 Å². The molecule has 0 spiro atoms. The van der Waals surface area contributed by atoms with Crippen molar-refractivity contribution in [2.24, 2.45) is 5.92 Å². The third-order valence-electron chi connectivity index (χ3n) is 6.29. The van der Waals surface area contributed by atoms with Crippen molar-refractivity contribution in [2.75, 3.05) is 38.6 Å². The summed E-state index contributed by atoms with van der Waals surface area (Å²) in [5.74, 6) is 0.349. The molecule has 2 aromatic carbocycles. The molecule has 1 saturated heterocycles. The molecule has 2 aromatic rings. The van der Waals surface area contributed by atoms with Gasteiger partial charge in [0.25, 0.3) is 5.91 Å². The first-order valence-corrected chi connectivity index (χ1v) is 12.5. The Kier molecular flexibility index (Phi) is 6.71. The Hall–Kier alpha value is -2.91. The smallest absolute Gasteiger partial charge is 0.262 e. The summed E-state index contributed by atoms with van der Waals surface area (Å²) < 4.78 is 32.8. The molecule has 8 nitrogen and oxygen atoms in total. The Morgan fingerprint density at radius 1 is 1.18 bits per heavy atom. The van der Waals surface area contributed by atoms with Crippen LogP contribution in [0.3, 0.4) is 0 Å². The molecule has 0 aliphatic carbocycles. The molecular formula is C24H29N3O5S. The van der Waals surface area contributed by atoms with Gasteiger partial charge in [-0.05, 0) is 49.3 Å². The van der Waals surface area contributed by atoms with Gasteiger partial charge in [0.15, 0.2) is 6.61 Å². The fourth-order valence-electron chi connectivity index (χ4n) is 4.37. The molecule has 0 aromatic heterocycles. The molecule has 2 aliphatic rings. The van der Waals surface area contributed by atoms with Gasteiger partial charge in [-0.1, -0.05) is 30.3 Å². The lowest BCUT2D eigenvalue weighted by Crippen LogP contribution is -2.44. The molecule has 2 aliphatic heterocycles. The number of carbonyl (C=O) groups is 2. The van der Waals surface area contributed by atoms with Gasteiger partial charge in [0.2, 0.25) is 15.9 Å². The molecule has 2 heterocycles.